The van der Waals surface area contributed by atoms with Crippen molar-refractivity contribution < 1.29 is 38.3 Å². The highest BCUT2D eigenvalue weighted by Gasteiger charge is 2.30. The number of nitrogens with zero attached hydrogens (tertiary/aromatic N) is 8. The first-order valence-electron chi connectivity index (χ1n) is 17.9. The minimum absolute atomic E-state index is 0.110. The van der Waals surface area contributed by atoms with Crippen molar-refractivity contribution >= 4 is 34.6 Å². The van der Waals surface area contributed by atoms with Gasteiger partial charge in [-0.3, -0.25) is 0 Å². The summed E-state index contributed by atoms with van der Waals surface area (Å²) in [7, 11) is 11.7. The van der Waals surface area contributed by atoms with Crippen LogP contribution in [0.1, 0.15) is 31.2 Å². The van der Waals surface area contributed by atoms with Gasteiger partial charge in [0, 0.05) is 80.8 Å². The van der Waals surface area contributed by atoms with Gasteiger partial charge in [-0.05, 0) is 43.4 Å². The molecular weight excluding hydrogens is 672 g/mol. The van der Waals surface area contributed by atoms with Gasteiger partial charge >= 0.3 is 0 Å². The molecule has 0 atom stereocenters. The lowest BCUT2D eigenvalue weighted by atomic mass is 10.1. The number of hydrogen-bond acceptors (Lipinski definition) is 16. The maximum Gasteiger partial charge on any atom is 0.228 e. The van der Waals surface area contributed by atoms with Crippen LogP contribution in [0.15, 0.2) is 12.1 Å². The fourth-order valence-electron chi connectivity index (χ4n) is 6.83. The molecule has 0 bridgehead atoms. The van der Waals surface area contributed by atoms with Crippen molar-refractivity contribution in [2.75, 3.05) is 135 Å². The molecule has 0 spiro atoms. The maximum absolute atomic E-state index is 10.3. The second-order valence-corrected chi connectivity index (χ2v) is 12.9. The highest BCUT2D eigenvalue weighted by molar-refractivity contribution is 5.95. The fourth-order valence-corrected chi connectivity index (χ4v) is 6.83. The topological polar surface area (TPSA) is 149 Å². The molecule has 0 saturated carbocycles. The van der Waals surface area contributed by atoms with Crippen molar-refractivity contribution in [1.82, 2.24) is 19.9 Å². The van der Waals surface area contributed by atoms with Gasteiger partial charge in [-0.2, -0.15) is 9.97 Å². The average molecular weight is 729 g/mol. The van der Waals surface area contributed by atoms with E-state index < -0.39 is 0 Å². The van der Waals surface area contributed by atoms with Crippen molar-refractivity contribution in [3.8, 4) is 17.2 Å². The number of fused-ring (bicyclic) bond motifs is 1. The minimum atomic E-state index is -0.110. The smallest absolute Gasteiger partial charge is 0.228 e. The lowest BCUT2D eigenvalue weighted by Crippen LogP contribution is -2.39. The Morgan fingerprint density at radius 3 is 1.48 bits per heavy atom. The Balaban J connectivity index is 1.70. The van der Waals surface area contributed by atoms with Gasteiger partial charge in [0.2, 0.25) is 17.6 Å². The van der Waals surface area contributed by atoms with Crippen molar-refractivity contribution in [2.45, 2.75) is 44.4 Å². The Morgan fingerprint density at radius 2 is 1.10 bits per heavy atom. The molecule has 16 heteroatoms. The van der Waals surface area contributed by atoms with Crippen LogP contribution in [0.2, 0.25) is 0 Å². The third kappa shape index (κ3) is 9.15. The van der Waals surface area contributed by atoms with Crippen LogP contribution >= 0.6 is 0 Å². The van der Waals surface area contributed by atoms with E-state index in [4.69, 9.17) is 53.1 Å². The SMILES string of the molecule is COCCN(CCOC)c1nc(N2CCC(OC)CC2)c2nc(N(CCO)Cc3cc(OC)c(OC)c(OC)c3)nc(N3CCC(OC)CC3)c2n1. The summed E-state index contributed by atoms with van der Waals surface area (Å²) in [6.07, 6.45) is 3.79. The van der Waals surface area contributed by atoms with Crippen LogP contribution in [-0.4, -0.2) is 153 Å². The maximum atomic E-state index is 10.3. The quantitative estimate of drug-likeness (QED) is 0.193. The monoisotopic (exact) mass is 728 g/mol. The van der Waals surface area contributed by atoms with Crippen LogP contribution in [0.4, 0.5) is 23.5 Å². The van der Waals surface area contributed by atoms with Crippen molar-refractivity contribution in [3.63, 3.8) is 0 Å². The third-order valence-electron chi connectivity index (χ3n) is 9.80. The van der Waals surface area contributed by atoms with Crippen molar-refractivity contribution in [1.29, 1.82) is 0 Å². The molecule has 2 aliphatic heterocycles. The number of aliphatic hydroxyl groups is 1. The second kappa shape index (κ2) is 19.2. The van der Waals surface area contributed by atoms with Gasteiger partial charge in [0.15, 0.2) is 23.1 Å². The largest absolute Gasteiger partial charge is 0.493 e. The Kier molecular flexibility index (Phi) is 14.5. The first-order valence-corrected chi connectivity index (χ1v) is 17.9. The first kappa shape index (κ1) is 39.3. The molecule has 2 aliphatic rings. The fraction of sp³-hybridized carbons (Fsp3) is 0.667. The molecule has 52 heavy (non-hydrogen) atoms. The molecule has 4 heterocycles. The summed E-state index contributed by atoms with van der Waals surface area (Å²) in [6, 6.07) is 3.80. The molecule has 2 saturated heterocycles. The highest BCUT2D eigenvalue weighted by atomic mass is 16.5. The number of anilines is 4. The normalized spacial score (nSPS) is 15.7. The Labute approximate surface area is 306 Å². The van der Waals surface area contributed by atoms with E-state index in [2.05, 4.69) is 14.7 Å². The average Bonchev–Trinajstić information content (AvgIpc) is 3.19. The Bertz CT molecular complexity index is 1540. The molecule has 288 valence electrons. The van der Waals surface area contributed by atoms with E-state index in [1.165, 1.54) is 0 Å². The van der Waals surface area contributed by atoms with E-state index in [1.807, 2.05) is 17.0 Å². The molecule has 5 rings (SSSR count). The van der Waals surface area contributed by atoms with Crippen LogP contribution in [0.5, 0.6) is 17.2 Å². The Morgan fingerprint density at radius 1 is 0.635 bits per heavy atom. The summed E-state index contributed by atoms with van der Waals surface area (Å²) in [5, 5.41) is 10.3. The van der Waals surface area contributed by atoms with E-state index in [0.29, 0.717) is 73.0 Å². The zero-order chi connectivity index (χ0) is 37.0. The Hall–Kier alpha value is -3.96. The molecular formula is C36H56N8O8. The second-order valence-electron chi connectivity index (χ2n) is 12.9. The third-order valence-corrected chi connectivity index (χ3v) is 9.80. The van der Waals surface area contributed by atoms with Gasteiger partial charge in [0.25, 0.3) is 0 Å². The van der Waals surface area contributed by atoms with E-state index in [9.17, 15) is 5.11 Å². The van der Waals surface area contributed by atoms with Crippen molar-refractivity contribution in [3.05, 3.63) is 17.7 Å². The van der Waals surface area contributed by atoms with Gasteiger partial charge in [0.05, 0.1) is 53.4 Å². The molecule has 16 nitrogen and oxygen atoms in total. The van der Waals surface area contributed by atoms with Crippen molar-refractivity contribution in [2.24, 2.45) is 0 Å². The van der Waals surface area contributed by atoms with Gasteiger partial charge < -0.3 is 57.9 Å². The summed E-state index contributed by atoms with van der Waals surface area (Å²) in [5.74, 6) is 4.07. The number of piperidine rings is 2. The lowest BCUT2D eigenvalue weighted by Gasteiger charge is -2.35. The van der Waals surface area contributed by atoms with Crippen LogP contribution < -0.4 is 33.8 Å². The van der Waals surface area contributed by atoms with E-state index in [1.54, 1.807) is 49.8 Å². The summed E-state index contributed by atoms with van der Waals surface area (Å²) < 4.78 is 39.2. The van der Waals surface area contributed by atoms with E-state index >= 15 is 0 Å². The van der Waals surface area contributed by atoms with Gasteiger partial charge in [-0.15, -0.1) is 0 Å². The number of aliphatic hydroxyl groups excluding tert-OH is 1. The van der Waals surface area contributed by atoms with E-state index in [-0.39, 0.29) is 25.4 Å². The molecule has 1 aromatic carbocycles. The highest BCUT2D eigenvalue weighted by Crippen LogP contribution is 2.39. The molecule has 0 amide bonds. The molecule has 0 aliphatic carbocycles. The number of methoxy groups -OCH3 is 7. The minimum Gasteiger partial charge on any atom is -0.493 e. The lowest BCUT2D eigenvalue weighted by molar-refractivity contribution is 0.0817. The number of benzene rings is 1. The molecule has 2 fully saturated rings. The molecule has 0 unspecified atom stereocenters. The van der Waals surface area contributed by atoms with Gasteiger partial charge in [-0.25, -0.2) is 9.97 Å². The standard InChI is InChI=1S/C36H56N8O8/c1-46-20-17-43(18-21-47-2)35-37-30-31(33(39-35)41-12-8-26(48-3)9-13-41)38-36(40-34(30)42-14-10-27(49-4)11-15-42)44(16-19-45)24-25-22-28(50-5)32(52-7)29(23-25)51-6/h22-23,26-27,45H,8-21,24H2,1-7H3. The van der Waals surface area contributed by atoms with E-state index in [0.717, 1.165) is 69.1 Å². The number of aromatic nitrogens is 4. The van der Waals surface area contributed by atoms with Crippen LogP contribution in [0, 0.1) is 0 Å². The van der Waals surface area contributed by atoms with Crippen LogP contribution in [0.25, 0.3) is 11.0 Å². The van der Waals surface area contributed by atoms with Gasteiger partial charge in [0.1, 0.15) is 11.0 Å². The van der Waals surface area contributed by atoms with Crippen LogP contribution in [-0.2, 0) is 25.5 Å². The number of rotatable bonds is 19. The summed E-state index contributed by atoms with van der Waals surface area (Å²) in [4.78, 5) is 29.5. The molecule has 3 aromatic rings. The zero-order valence-electron chi connectivity index (χ0n) is 31.8. The molecule has 2 aromatic heterocycles. The number of hydrogen-bond donors (Lipinski definition) is 1. The first-order chi connectivity index (χ1) is 25.4. The molecule has 1 N–H and O–H groups in total. The predicted octanol–water partition coefficient (Wildman–Crippen LogP) is 2.77. The number of ether oxygens (including phenoxy) is 7. The van der Waals surface area contributed by atoms with Crippen LogP contribution in [0.3, 0.4) is 0 Å². The summed E-state index contributed by atoms with van der Waals surface area (Å²) in [5.41, 5.74) is 2.19. The summed E-state index contributed by atoms with van der Waals surface area (Å²) >= 11 is 0. The molecule has 0 radical (unpaired) electrons. The predicted molar refractivity (Wildman–Crippen MR) is 200 cm³/mol. The summed E-state index contributed by atoms with van der Waals surface area (Å²) in [6.45, 7) is 5.69. The van der Waals surface area contributed by atoms with Gasteiger partial charge in [-0.1, -0.05) is 0 Å². The zero-order valence-corrected chi connectivity index (χ0v) is 31.8.